The van der Waals surface area contributed by atoms with Crippen molar-refractivity contribution >= 4 is 15.7 Å². The fourth-order valence-corrected chi connectivity index (χ4v) is 4.78. The molecule has 1 aromatic rings. The number of ether oxygens (including phenoxy) is 1. The van der Waals surface area contributed by atoms with Gasteiger partial charge in [-0.2, -0.15) is 0 Å². The zero-order valence-electron chi connectivity index (χ0n) is 15.8. The lowest BCUT2D eigenvalue weighted by Crippen LogP contribution is -2.52. The molecule has 6 nitrogen and oxygen atoms in total. The van der Waals surface area contributed by atoms with Gasteiger partial charge in [0.05, 0.1) is 11.9 Å². The first kappa shape index (κ1) is 19.2. The Balaban J connectivity index is 1.55. The van der Waals surface area contributed by atoms with Crippen LogP contribution in [-0.2, 0) is 27.6 Å². The summed E-state index contributed by atoms with van der Waals surface area (Å²) in [5.74, 6) is 0.720. The van der Waals surface area contributed by atoms with Crippen LogP contribution in [0.15, 0.2) is 18.2 Å². The van der Waals surface area contributed by atoms with Crippen molar-refractivity contribution in [2.75, 3.05) is 32.8 Å². The molecule has 1 saturated heterocycles. The van der Waals surface area contributed by atoms with Crippen molar-refractivity contribution in [3.8, 4) is 5.75 Å². The van der Waals surface area contributed by atoms with Gasteiger partial charge in [-0.05, 0) is 38.0 Å². The van der Waals surface area contributed by atoms with Crippen LogP contribution < -0.4 is 4.74 Å². The molecule has 3 rings (SSSR count). The third-order valence-corrected chi connectivity index (χ3v) is 7.84. The molecule has 7 heteroatoms. The lowest BCUT2D eigenvalue weighted by Gasteiger charge is -2.36. The van der Waals surface area contributed by atoms with E-state index in [0.29, 0.717) is 13.1 Å². The molecule has 1 unspecified atom stereocenters. The third-order valence-electron chi connectivity index (χ3n) is 5.34. The summed E-state index contributed by atoms with van der Waals surface area (Å²) in [6, 6.07) is 6.34. The molecule has 2 aliphatic heterocycles. The van der Waals surface area contributed by atoms with E-state index in [4.69, 9.17) is 4.74 Å². The van der Waals surface area contributed by atoms with E-state index in [1.54, 1.807) is 18.7 Å². The fraction of sp³-hybridized carbons (Fsp3) is 0.632. The van der Waals surface area contributed by atoms with Gasteiger partial charge in [0.1, 0.15) is 11.0 Å². The minimum atomic E-state index is -3.41. The van der Waals surface area contributed by atoms with Crippen LogP contribution in [0.4, 0.5) is 0 Å². The van der Waals surface area contributed by atoms with Crippen LogP contribution in [0.3, 0.4) is 0 Å². The molecule has 0 saturated carbocycles. The summed E-state index contributed by atoms with van der Waals surface area (Å²) >= 11 is 0. The second kappa shape index (κ2) is 7.56. The number of benzene rings is 1. The Morgan fingerprint density at radius 2 is 1.85 bits per heavy atom. The van der Waals surface area contributed by atoms with E-state index in [2.05, 4.69) is 17.0 Å². The van der Waals surface area contributed by atoms with E-state index in [1.807, 2.05) is 6.07 Å². The minimum absolute atomic E-state index is 0.270. The smallest absolute Gasteiger partial charge is 0.240 e. The highest BCUT2D eigenvalue weighted by molar-refractivity contribution is 7.93. The minimum Gasteiger partial charge on any atom is -0.493 e. The van der Waals surface area contributed by atoms with Crippen molar-refractivity contribution in [3.05, 3.63) is 29.3 Å². The highest BCUT2D eigenvalue weighted by Crippen LogP contribution is 2.26. The summed E-state index contributed by atoms with van der Waals surface area (Å²) in [7, 11) is -3.41. The zero-order valence-corrected chi connectivity index (χ0v) is 16.6. The number of carbonyl (C=O) groups is 1. The number of hydrogen-bond donors (Lipinski definition) is 0. The first-order valence-electron chi connectivity index (χ1n) is 9.27. The Kier molecular flexibility index (Phi) is 5.58. The number of carbonyl (C=O) groups excluding carboxylic acids is 1. The Hall–Kier alpha value is -1.60. The summed E-state index contributed by atoms with van der Waals surface area (Å²) in [5.41, 5.74) is 2.52. The van der Waals surface area contributed by atoms with E-state index >= 15 is 0 Å². The quantitative estimate of drug-likeness (QED) is 0.774. The molecule has 0 N–H and O–H groups in total. The second-order valence-electron chi connectivity index (χ2n) is 7.42. The van der Waals surface area contributed by atoms with Crippen molar-refractivity contribution in [3.63, 3.8) is 0 Å². The first-order valence-corrected chi connectivity index (χ1v) is 10.9. The first-order chi connectivity index (χ1) is 12.3. The maximum atomic E-state index is 12.6. The van der Waals surface area contributed by atoms with Gasteiger partial charge in [0.2, 0.25) is 5.91 Å². The van der Waals surface area contributed by atoms with Crippen LogP contribution >= 0.6 is 0 Å². The number of piperazine rings is 1. The predicted octanol–water partition coefficient (Wildman–Crippen LogP) is 1.48. The van der Waals surface area contributed by atoms with Crippen molar-refractivity contribution < 1.29 is 17.9 Å². The van der Waals surface area contributed by atoms with E-state index in [9.17, 15) is 13.2 Å². The van der Waals surface area contributed by atoms with Gasteiger partial charge >= 0.3 is 0 Å². The predicted molar refractivity (Wildman–Crippen MR) is 101 cm³/mol. The molecular weight excluding hydrogens is 352 g/mol. The number of hydrogen-bond acceptors (Lipinski definition) is 5. The van der Waals surface area contributed by atoms with Crippen molar-refractivity contribution in [1.29, 1.82) is 0 Å². The fourth-order valence-electron chi connectivity index (χ4n) is 3.53. The standard InChI is InChI=1S/C19H28N2O4S/c1-14(2)26(23,24)15(3)19(22)21-9-7-20(8-10-21)13-16-4-5-18-17(12-16)6-11-25-18/h4-5,12,14-15H,6-11,13H2,1-3H3. The van der Waals surface area contributed by atoms with Gasteiger partial charge in [-0.15, -0.1) is 0 Å². The van der Waals surface area contributed by atoms with Crippen molar-refractivity contribution in [2.45, 2.75) is 44.2 Å². The second-order valence-corrected chi connectivity index (χ2v) is 10.2. The van der Waals surface area contributed by atoms with Gasteiger partial charge < -0.3 is 9.64 Å². The van der Waals surface area contributed by atoms with Crippen LogP contribution in [0.25, 0.3) is 0 Å². The molecule has 1 amide bonds. The molecule has 0 spiro atoms. The lowest BCUT2D eigenvalue weighted by atomic mass is 10.1. The lowest BCUT2D eigenvalue weighted by molar-refractivity contribution is -0.132. The van der Waals surface area contributed by atoms with Crippen LogP contribution in [0.1, 0.15) is 31.9 Å². The summed E-state index contributed by atoms with van der Waals surface area (Å²) in [6.07, 6.45) is 0.966. The monoisotopic (exact) mass is 380 g/mol. The van der Waals surface area contributed by atoms with Crippen molar-refractivity contribution in [1.82, 2.24) is 9.80 Å². The normalized spacial score (nSPS) is 19.3. The number of fused-ring (bicyclic) bond motifs is 1. The van der Waals surface area contributed by atoms with E-state index in [0.717, 1.165) is 38.4 Å². The molecule has 2 heterocycles. The van der Waals surface area contributed by atoms with Crippen LogP contribution in [0.2, 0.25) is 0 Å². The average Bonchev–Trinajstić information content (AvgIpc) is 3.08. The highest BCUT2D eigenvalue weighted by atomic mass is 32.2. The molecule has 1 fully saturated rings. The van der Waals surface area contributed by atoms with Crippen molar-refractivity contribution in [2.24, 2.45) is 0 Å². The SMILES string of the molecule is CC(C)S(=O)(=O)C(C)C(=O)N1CCN(Cc2ccc3c(c2)CCO3)CC1. The van der Waals surface area contributed by atoms with E-state index in [-0.39, 0.29) is 5.91 Å². The van der Waals surface area contributed by atoms with Gasteiger partial charge in [-0.25, -0.2) is 8.42 Å². The molecule has 0 bridgehead atoms. The molecular formula is C19H28N2O4S. The maximum Gasteiger partial charge on any atom is 0.240 e. The van der Waals surface area contributed by atoms with E-state index < -0.39 is 20.3 Å². The molecule has 144 valence electrons. The van der Waals surface area contributed by atoms with Crippen LogP contribution in [-0.4, -0.2) is 67.4 Å². The maximum absolute atomic E-state index is 12.6. The summed E-state index contributed by atoms with van der Waals surface area (Å²) < 4.78 is 30.0. The van der Waals surface area contributed by atoms with E-state index in [1.165, 1.54) is 18.1 Å². The molecule has 26 heavy (non-hydrogen) atoms. The largest absolute Gasteiger partial charge is 0.493 e. The Morgan fingerprint density at radius 1 is 1.15 bits per heavy atom. The molecule has 0 aromatic heterocycles. The van der Waals surface area contributed by atoms with Gasteiger partial charge in [0, 0.05) is 39.1 Å². The Bertz CT molecular complexity index is 768. The number of nitrogens with zero attached hydrogens (tertiary/aromatic N) is 2. The Morgan fingerprint density at radius 3 is 2.50 bits per heavy atom. The number of sulfone groups is 1. The molecule has 1 aromatic carbocycles. The number of rotatable bonds is 5. The van der Waals surface area contributed by atoms with Gasteiger partial charge in [-0.1, -0.05) is 12.1 Å². The topological polar surface area (TPSA) is 66.9 Å². The highest BCUT2D eigenvalue weighted by Gasteiger charge is 2.34. The molecule has 1 atom stereocenters. The average molecular weight is 381 g/mol. The summed E-state index contributed by atoms with van der Waals surface area (Å²) in [4.78, 5) is 16.6. The molecule has 0 aliphatic carbocycles. The molecule has 0 radical (unpaired) electrons. The molecule has 2 aliphatic rings. The summed E-state index contributed by atoms with van der Waals surface area (Å²) in [6.45, 7) is 9.03. The van der Waals surface area contributed by atoms with Gasteiger partial charge in [0.25, 0.3) is 0 Å². The third kappa shape index (κ3) is 3.88. The Labute approximate surface area is 156 Å². The van der Waals surface area contributed by atoms with Gasteiger partial charge in [-0.3, -0.25) is 9.69 Å². The zero-order chi connectivity index (χ0) is 18.9. The number of amides is 1. The van der Waals surface area contributed by atoms with Gasteiger partial charge in [0.15, 0.2) is 9.84 Å². The summed E-state index contributed by atoms with van der Waals surface area (Å²) in [5, 5.41) is -1.50. The van der Waals surface area contributed by atoms with Crippen LogP contribution in [0.5, 0.6) is 5.75 Å². The van der Waals surface area contributed by atoms with Crippen LogP contribution in [0, 0.1) is 0 Å².